The Morgan fingerprint density at radius 2 is 1.74 bits per heavy atom. The predicted molar refractivity (Wildman–Crippen MR) is 145 cm³/mol. The van der Waals surface area contributed by atoms with Crippen molar-refractivity contribution in [1.82, 2.24) is 0 Å². The zero-order chi connectivity index (χ0) is 24.8. The molecule has 0 radical (unpaired) electrons. The number of unbranched alkanes of at least 4 members (excludes halogenated alkanes) is 3. The Kier molecular flexibility index (Phi) is 12.4. The van der Waals surface area contributed by atoms with Gasteiger partial charge in [-0.15, -0.1) is 11.3 Å². The molecule has 1 unspecified atom stereocenters. The van der Waals surface area contributed by atoms with Gasteiger partial charge in [-0.1, -0.05) is 40.5 Å². The van der Waals surface area contributed by atoms with Crippen LogP contribution in [0.1, 0.15) is 88.8 Å². The molecular formula is C29H43NO3S. The van der Waals surface area contributed by atoms with Crippen molar-refractivity contribution in [1.29, 1.82) is 0 Å². The number of thiophene rings is 1. The number of rotatable bonds is 16. The van der Waals surface area contributed by atoms with Gasteiger partial charge in [0.25, 0.3) is 0 Å². The largest absolute Gasteiger partial charge is 0.494 e. The second kappa shape index (κ2) is 15.0. The SMILES string of the molecule is CCCC(CC(C)(C)CC)C(=O)OCCCCCCOc1ccc(/N=C/c2ccc(C)s2)cc1. The van der Waals surface area contributed by atoms with Crippen molar-refractivity contribution in [2.45, 2.75) is 86.0 Å². The lowest BCUT2D eigenvalue weighted by Gasteiger charge is -2.27. The van der Waals surface area contributed by atoms with Crippen LogP contribution in [0, 0.1) is 18.3 Å². The Labute approximate surface area is 210 Å². The first-order valence-corrected chi connectivity index (χ1v) is 13.6. The van der Waals surface area contributed by atoms with Crippen molar-refractivity contribution < 1.29 is 14.3 Å². The maximum atomic E-state index is 12.5. The molecule has 188 valence electrons. The highest BCUT2D eigenvalue weighted by molar-refractivity contribution is 7.13. The fourth-order valence-electron chi connectivity index (χ4n) is 3.79. The van der Waals surface area contributed by atoms with Crippen LogP contribution in [-0.2, 0) is 9.53 Å². The molecule has 0 saturated carbocycles. The summed E-state index contributed by atoms with van der Waals surface area (Å²) in [5, 5.41) is 0. The van der Waals surface area contributed by atoms with Crippen LogP contribution in [-0.4, -0.2) is 25.4 Å². The Balaban J connectivity index is 1.57. The summed E-state index contributed by atoms with van der Waals surface area (Å²) in [4.78, 5) is 19.5. The monoisotopic (exact) mass is 485 g/mol. The fourth-order valence-corrected chi connectivity index (χ4v) is 4.54. The van der Waals surface area contributed by atoms with E-state index in [1.54, 1.807) is 11.3 Å². The smallest absolute Gasteiger partial charge is 0.308 e. The highest BCUT2D eigenvalue weighted by atomic mass is 32.1. The molecular weight excluding hydrogens is 442 g/mol. The molecule has 0 fully saturated rings. The molecule has 0 spiro atoms. The van der Waals surface area contributed by atoms with Gasteiger partial charge in [0.15, 0.2) is 0 Å². The summed E-state index contributed by atoms with van der Waals surface area (Å²) in [6.07, 6.45) is 9.86. The van der Waals surface area contributed by atoms with Gasteiger partial charge in [-0.2, -0.15) is 0 Å². The van der Waals surface area contributed by atoms with Crippen molar-refractivity contribution in [2.75, 3.05) is 13.2 Å². The number of hydrogen-bond donors (Lipinski definition) is 0. The average Bonchev–Trinajstić information content (AvgIpc) is 3.24. The number of hydrogen-bond acceptors (Lipinski definition) is 5. The fraction of sp³-hybridized carbons (Fsp3) is 0.586. The van der Waals surface area contributed by atoms with Crippen LogP contribution in [0.25, 0.3) is 0 Å². The van der Waals surface area contributed by atoms with E-state index in [9.17, 15) is 4.79 Å². The Hall–Kier alpha value is -2.14. The van der Waals surface area contributed by atoms with Gasteiger partial charge in [0.05, 0.1) is 24.8 Å². The lowest BCUT2D eigenvalue weighted by molar-refractivity contribution is -0.150. The molecule has 1 aromatic carbocycles. The summed E-state index contributed by atoms with van der Waals surface area (Å²) in [5.41, 5.74) is 1.11. The first-order chi connectivity index (χ1) is 16.3. The van der Waals surface area contributed by atoms with Gasteiger partial charge < -0.3 is 9.47 Å². The van der Waals surface area contributed by atoms with Crippen molar-refractivity contribution in [3.63, 3.8) is 0 Å². The second-order valence-corrected chi connectivity index (χ2v) is 11.2. The number of carbonyl (C=O) groups excluding carboxylic acids is 1. The van der Waals surface area contributed by atoms with E-state index < -0.39 is 0 Å². The molecule has 0 aliphatic heterocycles. The molecule has 0 bridgehead atoms. The minimum atomic E-state index is -0.00927. The molecule has 5 heteroatoms. The number of esters is 1. The summed E-state index contributed by atoms with van der Waals surface area (Å²) in [6, 6.07) is 12.1. The Morgan fingerprint density at radius 1 is 1.03 bits per heavy atom. The third kappa shape index (κ3) is 10.9. The molecule has 1 atom stereocenters. The van der Waals surface area contributed by atoms with Crippen LogP contribution in [0.4, 0.5) is 5.69 Å². The van der Waals surface area contributed by atoms with E-state index in [0.717, 1.165) is 67.7 Å². The zero-order valence-electron chi connectivity index (χ0n) is 21.8. The van der Waals surface area contributed by atoms with E-state index in [1.807, 2.05) is 30.5 Å². The Morgan fingerprint density at radius 3 is 2.35 bits per heavy atom. The highest BCUT2D eigenvalue weighted by Gasteiger charge is 2.27. The van der Waals surface area contributed by atoms with E-state index in [-0.39, 0.29) is 17.3 Å². The molecule has 1 heterocycles. The summed E-state index contributed by atoms with van der Waals surface area (Å²) in [6.45, 7) is 12.1. The number of ether oxygens (including phenoxy) is 2. The third-order valence-corrected chi connectivity index (χ3v) is 7.15. The number of nitrogens with zero attached hydrogens (tertiary/aromatic N) is 1. The quantitative estimate of drug-likeness (QED) is 0.136. The number of carbonyl (C=O) groups is 1. The molecule has 0 aliphatic rings. The average molecular weight is 486 g/mol. The summed E-state index contributed by atoms with van der Waals surface area (Å²) < 4.78 is 11.5. The third-order valence-electron chi connectivity index (χ3n) is 6.22. The topological polar surface area (TPSA) is 47.9 Å². The molecule has 0 aliphatic carbocycles. The molecule has 2 aromatic rings. The maximum Gasteiger partial charge on any atom is 0.308 e. The van der Waals surface area contributed by atoms with E-state index in [4.69, 9.17) is 9.47 Å². The zero-order valence-corrected chi connectivity index (χ0v) is 22.6. The second-order valence-electron chi connectivity index (χ2n) is 9.84. The standard InChI is InChI=1S/C29H43NO3S/c1-6-12-24(21-29(4,5)7-2)28(31)33-20-11-9-8-10-19-32-26-16-14-25(15-17-26)30-22-27-18-13-23(3)34-27/h13-18,22,24H,6-12,19-21H2,1-5H3/b30-22+. The van der Waals surface area contributed by atoms with Crippen LogP contribution >= 0.6 is 11.3 Å². The molecule has 1 aromatic heterocycles. The lowest BCUT2D eigenvalue weighted by atomic mass is 9.79. The van der Waals surface area contributed by atoms with Crippen molar-refractivity contribution in [3.8, 4) is 5.75 Å². The van der Waals surface area contributed by atoms with Gasteiger partial charge in [-0.05, 0) is 87.3 Å². The van der Waals surface area contributed by atoms with Gasteiger partial charge in [0.2, 0.25) is 0 Å². The van der Waals surface area contributed by atoms with Crippen molar-refractivity contribution in [3.05, 3.63) is 46.2 Å². The van der Waals surface area contributed by atoms with Crippen LogP contribution in [0.3, 0.4) is 0 Å². The van der Waals surface area contributed by atoms with Gasteiger partial charge in [-0.3, -0.25) is 9.79 Å². The molecule has 0 N–H and O–H groups in total. The van der Waals surface area contributed by atoms with E-state index in [2.05, 4.69) is 51.7 Å². The lowest BCUT2D eigenvalue weighted by Crippen LogP contribution is -2.25. The van der Waals surface area contributed by atoms with Gasteiger partial charge in [-0.25, -0.2) is 0 Å². The van der Waals surface area contributed by atoms with E-state index >= 15 is 0 Å². The summed E-state index contributed by atoms with van der Waals surface area (Å²) in [7, 11) is 0. The Bertz CT molecular complexity index is 870. The van der Waals surface area contributed by atoms with Crippen molar-refractivity contribution in [2.24, 2.45) is 16.3 Å². The molecule has 34 heavy (non-hydrogen) atoms. The maximum absolute atomic E-state index is 12.5. The van der Waals surface area contributed by atoms with Crippen LogP contribution in [0.5, 0.6) is 5.75 Å². The van der Waals surface area contributed by atoms with Gasteiger partial charge in [0.1, 0.15) is 5.75 Å². The minimum absolute atomic E-state index is 0.00927. The van der Waals surface area contributed by atoms with Gasteiger partial charge in [0, 0.05) is 16.0 Å². The minimum Gasteiger partial charge on any atom is -0.494 e. The summed E-state index contributed by atoms with van der Waals surface area (Å²) in [5.74, 6) is 0.895. The van der Waals surface area contributed by atoms with Crippen molar-refractivity contribution >= 4 is 29.2 Å². The predicted octanol–water partition coefficient (Wildman–Crippen LogP) is 8.53. The number of aryl methyl sites for hydroxylation is 1. The first kappa shape index (κ1) is 28.1. The first-order valence-electron chi connectivity index (χ1n) is 12.8. The van der Waals surface area contributed by atoms with Crippen LogP contribution in [0.15, 0.2) is 41.4 Å². The molecule has 4 nitrogen and oxygen atoms in total. The van der Waals surface area contributed by atoms with E-state index in [1.165, 1.54) is 4.88 Å². The van der Waals surface area contributed by atoms with Crippen LogP contribution in [0.2, 0.25) is 0 Å². The van der Waals surface area contributed by atoms with E-state index in [0.29, 0.717) is 13.2 Å². The normalized spacial score (nSPS) is 12.7. The summed E-state index contributed by atoms with van der Waals surface area (Å²) >= 11 is 1.74. The molecule has 0 amide bonds. The molecule has 2 rings (SSSR count). The molecule has 0 saturated heterocycles. The van der Waals surface area contributed by atoms with Crippen LogP contribution < -0.4 is 4.74 Å². The van der Waals surface area contributed by atoms with Gasteiger partial charge >= 0.3 is 5.97 Å². The number of benzene rings is 1. The number of aliphatic imine (C=N–C) groups is 1. The highest BCUT2D eigenvalue weighted by Crippen LogP contribution is 2.31.